The lowest BCUT2D eigenvalue weighted by atomic mass is 9.99. The molecule has 4 N–H and O–H groups in total. The van der Waals surface area contributed by atoms with Crippen LogP contribution >= 0.6 is 11.6 Å². The van der Waals surface area contributed by atoms with Gasteiger partial charge >= 0.3 is 0 Å². The molecule has 3 rings (SSSR count). The number of unbranched alkanes of at least 4 members (excludes halogenated alkanes) is 1. The monoisotopic (exact) mass is 631 g/mol. The zero-order chi connectivity index (χ0) is 32.2. The number of halogens is 3. The number of aromatic amines is 1. The first-order valence-corrected chi connectivity index (χ1v) is 15.7. The number of imidazole rings is 1. The van der Waals surface area contributed by atoms with E-state index < -0.39 is 29.7 Å². The molecule has 2 amide bonds. The molecule has 0 aliphatic heterocycles. The quantitative estimate of drug-likeness (QED) is 0.152. The fourth-order valence-electron chi connectivity index (χ4n) is 5.10. The summed E-state index contributed by atoms with van der Waals surface area (Å²) in [5.41, 5.74) is 2.34. The van der Waals surface area contributed by atoms with Crippen LogP contribution in [0.4, 0.5) is 8.78 Å². The average molecular weight is 632 g/mol. The van der Waals surface area contributed by atoms with E-state index in [4.69, 9.17) is 11.6 Å². The summed E-state index contributed by atoms with van der Waals surface area (Å²) in [7, 11) is 0. The SMILES string of the molecule is CCCCc1nc(Cl)c(CNC[C@@H](O)[C@H](Cc2cc(F)cc(F)c2)NC(=O)c2cc(C)cc(C(=O)N(CCC)CCC)c2)[nH]1. The van der Waals surface area contributed by atoms with Crippen LogP contribution in [0.5, 0.6) is 0 Å². The fraction of sp³-hybridized carbons (Fsp3) is 0.485. The number of aromatic nitrogens is 2. The molecular formula is C33H44ClF2N5O3. The van der Waals surface area contributed by atoms with E-state index in [9.17, 15) is 23.5 Å². The summed E-state index contributed by atoms with van der Waals surface area (Å²) in [5, 5.41) is 17.5. The summed E-state index contributed by atoms with van der Waals surface area (Å²) in [5.74, 6) is -1.39. The lowest BCUT2D eigenvalue weighted by Gasteiger charge is -2.25. The van der Waals surface area contributed by atoms with E-state index >= 15 is 0 Å². The second kappa shape index (κ2) is 17.2. The van der Waals surface area contributed by atoms with Crippen LogP contribution in [-0.2, 0) is 19.4 Å². The summed E-state index contributed by atoms with van der Waals surface area (Å²) < 4.78 is 28.0. The molecule has 0 unspecified atom stereocenters. The van der Waals surface area contributed by atoms with Crippen LogP contribution in [0.15, 0.2) is 36.4 Å². The maximum absolute atomic E-state index is 14.0. The maximum Gasteiger partial charge on any atom is 0.253 e. The van der Waals surface area contributed by atoms with Gasteiger partial charge in [0.25, 0.3) is 11.8 Å². The van der Waals surface area contributed by atoms with Crippen LogP contribution in [0.3, 0.4) is 0 Å². The number of H-pyrrole nitrogens is 1. The van der Waals surface area contributed by atoms with Gasteiger partial charge in [0.2, 0.25) is 0 Å². The second-order valence-electron chi connectivity index (χ2n) is 11.2. The molecule has 8 nitrogen and oxygen atoms in total. The highest BCUT2D eigenvalue weighted by atomic mass is 35.5. The van der Waals surface area contributed by atoms with Gasteiger partial charge in [0, 0.05) is 49.8 Å². The Bertz CT molecular complexity index is 1370. The predicted molar refractivity (Wildman–Crippen MR) is 169 cm³/mol. The largest absolute Gasteiger partial charge is 0.390 e. The number of hydrogen-bond donors (Lipinski definition) is 4. The first-order valence-electron chi connectivity index (χ1n) is 15.3. The van der Waals surface area contributed by atoms with Gasteiger partial charge in [-0.05, 0) is 74.1 Å². The Morgan fingerprint density at radius 2 is 1.66 bits per heavy atom. The highest BCUT2D eigenvalue weighted by Gasteiger charge is 2.25. The Labute approximate surface area is 263 Å². The number of benzene rings is 2. The molecule has 3 aromatic rings. The molecule has 0 bridgehead atoms. The van der Waals surface area contributed by atoms with Crippen LogP contribution in [-0.4, -0.2) is 63.6 Å². The lowest BCUT2D eigenvalue weighted by molar-refractivity contribution is 0.0755. The van der Waals surface area contributed by atoms with E-state index in [0.717, 1.165) is 49.6 Å². The minimum Gasteiger partial charge on any atom is -0.390 e. The van der Waals surface area contributed by atoms with Gasteiger partial charge in [-0.2, -0.15) is 0 Å². The summed E-state index contributed by atoms with van der Waals surface area (Å²) in [6, 6.07) is 7.15. The molecule has 0 radical (unpaired) electrons. The Kier molecular flexibility index (Phi) is 13.8. The second-order valence-corrected chi connectivity index (χ2v) is 11.6. The number of aryl methyl sites for hydroxylation is 2. The molecule has 44 heavy (non-hydrogen) atoms. The van der Waals surface area contributed by atoms with Crippen molar-refractivity contribution < 1.29 is 23.5 Å². The van der Waals surface area contributed by atoms with Gasteiger partial charge in [-0.25, -0.2) is 13.8 Å². The van der Waals surface area contributed by atoms with Gasteiger partial charge in [0.05, 0.1) is 17.8 Å². The van der Waals surface area contributed by atoms with Gasteiger partial charge in [-0.1, -0.05) is 38.8 Å². The summed E-state index contributed by atoms with van der Waals surface area (Å²) >= 11 is 6.28. The number of aliphatic hydroxyl groups is 1. The molecule has 1 heterocycles. The van der Waals surface area contributed by atoms with Crippen molar-refractivity contribution in [3.05, 3.63) is 87.0 Å². The van der Waals surface area contributed by atoms with Crippen LogP contribution in [0, 0.1) is 18.6 Å². The van der Waals surface area contributed by atoms with Gasteiger partial charge in [-0.15, -0.1) is 0 Å². The zero-order valence-electron chi connectivity index (χ0n) is 26.0. The van der Waals surface area contributed by atoms with E-state index in [1.807, 2.05) is 13.8 Å². The van der Waals surface area contributed by atoms with E-state index in [2.05, 4.69) is 27.5 Å². The van der Waals surface area contributed by atoms with E-state index in [0.29, 0.717) is 36.0 Å². The third-order valence-electron chi connectivity index (χ3n) is 7.22. The summed E-state index contributed by atoms with van der Waals surface area (Å²) in [6.07, 6.45) is 3.23. The highest BCUT2D eigenvalue weighted by molar-refractivity contribution is 6.30. The number of hydrogen-bond acceptors (Lipinski definition) is 5. The molecule has 1 aromatic heterocycles. The number of amides is 2. The molecule has 0 saturated heterocycles. The van der Waals surface area contributed by atoms with Crippen LogP contribution in [0.1, 0.15) is 89.8 Å². The van der Waals surface area contributed by atoms with Crippen LogP contribution in [0.2, 0.25) is 5.15 Å². The third-order valence-corrected chi connectivity index (χ3v) is 7.53. The fourth-order valence-corrected chi connectivity index (χ4v) is 5.32. The van der Waals surface area contributed by atoms with Crippen molar-refractivity contribution in [1.82, 2.24) is 25.5 Å². The summed E-state index contributed by atoms with van der Waals surface area (Å²) in [6.45, 7) is 9.46. The normalized spacial score (nSPS) is 12.6. The minimum atomic E-state index is -1.14. The molecule has 11 heteroatoms. The first kappa shape index (κ1) is 35.1. The van der Waals surface area contributed by atoms with Crippen molar-refractivity contribution in [1.29, 1.82) is 0 Å². The first-order chi connectivity index (χ1) is 21.0. The Balaban J connectivity index is 1.79. The smallest absolute Gasteiger partial charge is 0.253 e. The molecule has 0 fully saturated rings. The lowest BCUT2D eigenvalue weighted by Crippen LogP contribution is -2.48. The molecular weight excluding hydrogens is 588 g/mol. The van der Waals surface area contributed by atoms with Gasteiger partial charge < -0.3 is 25.6 Å². The molecule has 2 atom stereocenters. The summed E-state index contributed by atoms with van der Waals surface area (Å²) in [4.78, 5) is 36.1. The van der Waals surface area contributed by atoms with E-state index in [1.165, 1.54) is 12.1 Å². The number of carbonyl (C=O) groups is 2. The molecule has 0 aliphatic rings. The molecule has 0 spiro atoms. The zero-order valence-corrected chi connectivity index (χ0v) is 26.7. The topological polar surface area (TPSA) is 110 Å². The molecule has 0 aliphatic carbocycles. The Morgan fingerprint density at radius 3 is 2.30 bits per heavy atom. The number of nitrogens with one attached hydrogen (secondary N) is 3. The standard InChI is InChI=1S/C33H44ClF2N5O3/c1-5-8-9-30-38-28(31(34)40-30)19-37-20-29(42)27(16-22-14-25(35)18-26(36)15-22)39-32(43)23-12-21(4)13-24(17-23)33(44)41(10-6-2)11-7-3/h12-15,17-18,27,29,37,42H,5-11,16,19-20H2,1-4H3,(H,38,40)(H,39,43)/t27-,29+/m0/s1. The molecule has 240 valence electrons. The van der Waals surface area contributed by atoms with Crippen molar-refractivity contribution in [2.75, 3.05) is 19.6 Å². The van der Waals surface area contributed by atoms with Crippen molar-refractivity contribution >= 4 is 23.4 Å². The van der Waals surface area contributed by atoms with Crippen LogP contribution in [0.25, 0.3) is 0 Å². The molecule has 0 saturated carbocycles. The van der Waals surface area contributed by atoms with Gasteiger partial charge in [0.1, 0.15) is 17.5 Å². The number of carbonyl (C=O) groups excluding carboxylic acids is 2. The van der Waals surface area contributed by atoms with Crippen molar-refractivity contribution in [3.8, 4) is 0 Å². The highest BCUT2D eigenvalue weighted by Crippen LogP contribution is 2.17. The van der Waals surface area contributed by atoms with Crippen molar-refractivity contribution in [3.63, 3.8) is 0 Å². The number of aliphatic hydroxyl groups excluding tert-OH is 1. The Hall–Kier alpha value is -3.34. The molecule has 2 aromatic carbocycles. The number of nitrogens with zero attached hydrogens (tertiary/aromatic N) is 2. The van der Waals surface area contributed by atoms with Gasteiger partial charge in [-0.3, -0.25) is 9.59 Å². The third kappa shape index (κ3) is 10.4. The predicted octanol–water partition coefficient (Wildman–Crippen LogP) is 5.75. The average Bonchev–Trinajstić information content (AvgIpc) is 3.33. The van der Waals surface area contributed by atoms with E-state index in [-0.39, 0.29) is 30.0 Å². The van der Waals surface area contributed by atoms with Crippen molar-refractivity contribution in [2.24, 2.45) is 0 Å². The minimum absolute atomic E-state index is 0.0341. The Morgan fingerprint density at radius 1 is 1.00 bits per heavy atom. The van der Waals surface area contributed by atoms with Crippen LogP contribution < -0.4 is 10.6 Å². The van der Waals surface area contributed by atoms with Gasteiger partial charge in [0.15, 0.2) is 5.15 Å². The van der Waals surface area contributed by atoms with E-state index in [1.54, 1.807) is 30.0 Å². The maximum atomic E-state index is 14.0. The number of rotatable bonds is 17. The van der Waals surface area contributed by atoms with Crippen molar-refractivity contribution in [2.45, 2.75) is 84.9 Å².